The summed E-state index contributed by atoms with van der Waals surface area (Å²) in [6.07, 6.45) is -0.243. The third-order valence-corrected chi connectivity index (χ3v) is 5.24. The summed E-state index contributed by atoms with van der Waals surface area (Å²) in [5.74, 6) is -3.46. The van der Waals surface area contributed by atoms with Gasteiger partial charge in [-0.15, -0.1) is 0 Å². The number of carbonyl (C=O) groups is 4. The zero-order valence-electron chi connectivity index (χ0n) is 18.0. The van der Waals surface area contributed by atoms with Crippen molar-refractivity contribution in [3.05, 3.63) is 0 Å². The van der Waals surface area contributed by atoms with Crippen molar-refractivity contribution in [2.24, 2.45) is 11.5 Å². The number of carboxylic acid groups (broad SMARTS) is 1. The Labute approximate surface area is 181 Å². The van der Waals surface area contributed by atoms with Crippen LogP contribution in [0.4, 0.5) is 0 Å². The highest BCUT2D eigenvalue weighted by atomic mass is 16.4. The highest BCUT2D eigenvalue weighted by molar-refractivity contribution is 5.94. The molecule has 0 radical (unpaired) electrons. The van der Waals surface area contributed by atoms with Gasteiger partial charge in [0, 0.05) is 6.54 Å². The molecule has 0 aliphatic carbocycles. The lowest BCUT2D eigenvalue weighted by atomic mass is 10.1. The third kappa shape index (κ3) is 7.73. The fourth-order valence-electron chi connectivity index (χ4n) is 3.40. The van der Waals surface area contributed by atoms with Crippen molar-refractivity contribution in [2.75, 3.05) is 13.1 Å². The number of rotatable bonds is 12. The lowest BCUT2D eigenvalue weighted by Crippen LogP contribution is -2.61. The number of nitrogens with zero attached hydrogens (tertiary/aromatic N) is 1. The fraction of sp³-hybridized carbons (Fsp3) is 0.789. The molecule has 0 bridgehead atoms. The highest BCUT2D eigenvalue weighted by Gasteiger charge is 2.40. The molecular weight excluding hydrogens is 410 g/mol. The van der Waals surface area contributed by atoms with Crippen molar-refractivity contribution >= 4 is 23.7 Å². The average molecular weight is 446 g/mol. The summed E-state index contributed by atoms with van der Waals surface area (Å²) in [5.41, 5.74) is 11.2. The lowest BCUT2D eigenvalue weighted by Gasteiger charge is -2.30. The number of carbonyl (C=O) groups excluding carboxylic acids is 3. The molecule has 31 heavy (non-hydrogen) atoms. The first kappa shape index (κ1) is 26.8. The number of hydrogen-bond donors (Lipinski definition) is 7. The molecule has 1 aliphatic rings. The Morgan fingerprint density at radius 1 is 1.03 bits per heavy atom. The van der Waals surface area contributed by atoms with Crippen LogP contribution < -0.4 is 22.1 Å². The zero-order valence-corrected chi connectivity index (χ0v) is 18.0. The van der Waals surface area contributed by atoms with Gasteiger partial charge in [0.2, 0.25) is 17.7 Å². The van der Waals surface area contributed by atoms with Crippen molar-refractivity contribution in [2.45, 2.75) is 82.3 Å². The monoisotopic (exact) mass is 445 g/mol. The Bertz CT molecular complexity index is 643. The Hall–Kier alpha value is -2.28. The smallest absolute Gasteiger partial charge is 0.326 e. The summed E-state index contributed by atoms with van der Waals surface area (Å²) in [6, 6.07) is -4.81. The van der Waals surface area contributed by atoms with Crippen molar-refractivity contribution < 1.29 is 34.5 Å². The molecule has 12 nitrogen and oxygen atoms in total. The van der Waals surface area contributed by atoms with E-state index in [4.69, 9.17) is 11.5 Å². The topological polar surface area (TPSA) is 208 Å². The van der Waals surface area contributed by atoms with Crippen molar-refractivity contribution in [1.29, 1.82) is 0 Å². The van der Waals surface area contributed by atoms with Crippen LogP contribution in [0.2, 0.25) is 0 Å². The molecule has 1 fully saturated rings. The Balaban J connectivity index is 2.86. The van der Waals surface area contributed by atoms with Gasteiger partial charge in [0.05, 0.1) is 18.2 Å². The van der Waals surface area contributed by atoms with Crippen LogP contribution in [0, 0.1) is 0 Å². The van der Waals surface area contributed by atoms with E-state index in [1.165, 1.54) is 13.8 Å². The van der Waals surface area contributed by atoms with E-state index in [0.717, 1.165) is 4.90 Å². The summed E-state index contributed by atoms with van der Waals surface area (Å²) in [5, 5.41) is 34.0. The Morgan fingerprint density at radius 2 is 1.61 bits per heavy atom. The molecule has 0 aromatic carbocycles. The first-order valence-electron chi connectivity index (χ1n) is 10.5. The minimum absolute atomic E-state index is 0.184. The van der Waals surface area contributed by atoms with Crippen LogP contribution in [0.3, 0.4) is 0 Å². The van der Waals surface area contributed by atoms with E-state index in [2.05, 4.69) is 10.6 Å². The van der Waals surface area contributed by atoms with Gasteiger partial charge >= 0.3 is 5.97 Å². The number of aliphatic hydroxyl groups is 2. The van der Waals surface area contributed by atoms with Crippen LogP contribution in [0.15, 0.2) is 0 Å². The van der Waals surface area contributed by atoms with Gasteiger partial charge in [-0.05, 0) is 46.1 Å². The maximum atomic E-state index is 12.8. The van der Waals surface area contributed by atoms with Gasteiger partial charge in [-0.3, -0.25) is 14.4 Å². The first-order valence-corrected chi connectivity index (χ1v) is 10.5. The van der Waals surface area contributed by atoms with Crippen LogP contribution in [0.1, 0.15) is 46.0 Å². The quantitative estimate of drug-likeness (QED) is 0.155. The molecule has 9 N–H and O–H groups in total. The third-order valence-electron chi connectivity index (χ3n) is 5.24. The number of likely N-dealkylation sites (tertiary alicyclic amines) is 1. The molecule has 0 aromatic heterocycles. The zero-order chi connectivity index (χ0) is 23.7. The molecule has 1 rings (SSSR count). The van der Waals surface area contributed by atoms with E-state index in [9.17, 15) is 34.5 Å². The minimum atomic E-state index is -1.44. The molecule has 6 unspecified atom stereocenters. The van der Waals surface area contributed by atoms with E-state index in [-0.39, 0.29) is 13.0 Å². The van der Waals surface area contributed by atoms with Crippen LogP contribution in [0.25, 0.3) is 0 Å². The normalized spacial score (nSPS) is 21.0. The van der Waals surface area contributed by atoms with Crippen LogP contribution in [-0.2, 0) is 19.2 Å². The van der Waals surface area contributed by atoms with Crippen molar-refractivity contribution in [3.8, 4) is 0 Å². The maximum Gasteiger partial charge on any atom is 0.326 e. The molecule has 6 atom stereocenters. The minimum Gasteiger partial charge on any atom is -0.480 e. The average Bonchev–Trinajstić information content (AvgIpc) is 3.19. The number of aliphatic hydroxyl groups excluding tert-OH is 2. The molecule has 12 heteroatoms. The van der Waals surface area contributed by atoms with Gasteiger partial charge in [0.25, 0.3) is 0 Å². The molecule has 0 saturated carbocycles. The summed E-state index contributed by atoms with van der Waals surface area (Å²) in [6.45, 7) is 3.20. The van der Waals surface area contributed by atoms with Gasteiger partial charge in [-0.2, -0.15) is 0 Å². The molecular formula is C19H35N5O7. The molecule has 1 aliphatic heterocycles. The fourth-order valence-corrected chi connectivity index (χ4v) is 3.40. The number of nitrogens with two attached hydrogens (primary N) is 2. The van der Waals surface area contributed by atoms with Gasteiger partial charge in [-0.1, -0.05) is 6.42 Å². The van der Waals surface area contributed by atoms with E-state index >= 15 is 0 Å². The van der Waals surface area contributed by atoms with E-state index in [0.29, 0.717) is 32.2 Å². The first-order chi connectivity index (χ1) is 14.5. The van der Waals surface area contributed by atoms with E-state index in [1.54, 1.807) is 0 Å². The predicted octanol–water partition coefficient (Wildman–Crippen LogP) is -2.75. The number of hydrogen-bond acceptors (Lipinski definition) is 8. The van der Waals surface area contributed by atoms with Gasteiger partial charge in [0.15, 0.2) is 0 Å². The number of carboxylic acids is 1. The molecule has 0 aromatic rings. The maximum absolute atomic E-state index is 12.8. The Kier molecular flexibility index (Phi) is 10.8. The lowest BCUT2D eigenvalue weighted by molar-refractivity contribution is -0.151. The van der Waals surface area contributed by atoms with Crippen LogP contribution in [-0.4, -0.2) is 93.4 Å². The number of amides is 3. The van der Waals surface area contributed by atoms with E-state index < -0.39 is 60.1 Å². The molecule has 3 amide bonds. The molecule has 1 heterocycles. The SMILES string of the molecule is CC(O)C(NC(=O)C(N)CCCCN)C(=O)NC(C(=O)N1CCCC1C(=O)O)C(C)O. The second-order valence-corrected chi connectivity index (χ2v) is 7.87. The standard InChI is InChI=1S/C19H35N5O7/c1-10(25)14(22-16(27)12(21)6-3-4-8-20)17(28)23-15(11(2)26)18(29)24-9-5-7-13(24)19(30)31/h10-15,25-26H,3-9,20-21H2,1-2H3,(H,22,27)(H,23,28)(H,30,31). The summed E-state index contributed by atoms with van der Waals surface area (Å²) < 4.78 is 0. The second-order valence-electron chi connectivity index (χ2n) is 7.87. The van der Waals surface area contributed by atoms with Gasteiger partial charge in [-0.25, -0.2) is 4.79 Å². The van der Waals surface area contributed by atoms with Crippen LogP contribution in [0.5, 0.6) is 0 Å². The van der Waals surface area contributed by atoms with Gasteiger partial charge < -0.3 is 42.3 Å². The van der Waals surface area contributed by atoms with Crippen molar-refractivity contribution in [3.63, 3.8) is 0 Å². The summed E-state index contributed by atoms with van der Waals surface area (Å²) in [4.78, 5) is 50.3. The molecule has 0 spiro atoms. The summed E-state index contributed by atoms with van der Waals surface area (Å²) >= 11 is 0. The summed E-state index contributed by atoms with van der Waals surface area (Å²) in [7, 11) is 0. The van der Waals surface area contributed by atoms with Crippen LogP contribution >= 0.6 is 0 Å². The van der Waals surface area contributed by atoms with E-state index in [1.807, 2.05) is 0 Å². The van der Waals surface area contributed by atoms with Gasteiger partial charge in [0.1, 0.15) is 18.1 Å². The number of aliphatic carboxylic acids is 1. The Morgan fingerprint density at radius 3 is 2.13 bits per heavy atom. The highest BCUT2D eigenvalue weighted by Crippen LogP contribution is 2.19. The largest absolute Gasteiger partial charge is 0.480 e. The number of unbranched alkanes of at least 4 members (excludes halogenated alkanes) is 1. The predicted molar refractivity (Wildman–Crippen MR) is 110 cm³/mol. The van der Waals surface area contributed by atoms with Crippen molar-refractivity contribution in [1.82, 2.24) is 15.5 Å². The molecule has 1 saturated heterocycles. The second kappa shape index (κ2) is 12.5. The molecule has 178 valence electrons. The number of nitrogens with one attached hydrogen (secondary N) is 2.